The van der Waals surface area contributed by atoms with Gasteiger partial charge in [-0.05, 0) is 26.7 Å². The molecule has 1 unspecified atom stereocenters. The number of rotatable bonds is 4. The van der Waals surface area contributed by atoms with Crippen molar-refractivity contribution in [2.75, 3.05) is 0 Å². The number of carbonyl (C=O) groups excluding carboxylic acids is 1. The summed E-state index contributed by atoms with van der Waals surface area (Å²) >= 11 is 0. The van der Waals surface area contributed by atoms with Crippen LogP contribution < -0.4 is 0 Å². The molecule has 0 aliphatic rings. The van der Waals surface area contributed by atoms with E-state index < -0.39 is 23.5 Å². The van der Waals surface area contributed by atoms with Gasteiger partial charge in [0, 0.05) is 0 Å². The molecule has 88 valence electrons. The Morgan fingerprint density at radius 2 is 1.73 bits per heavy atom. The van der Waals surface area contributed by atoms with Gasteiger partial charge in [0.05, 0.1) is 12.3 Å². The fraction of sp³-hybridized carbons (Fsp3) is 0.818. The smallest absolute Gasteiger partial charge is 0.310 e. The molecule has 0 bridgehead atoms. The number of hydrogen-bond donors (Lipinski definition) is 1. The summed E-state index contributed by atoms with van der Waals surface area (Å²) < 4.78 is 5.16. The van der Waals surface area contributed by atoms with Gasteiger partial charge in [-0.2, -0.15) is 0 Å². The molecule has 0 aromatic rings. The molecule has 0 aromatic carbocycles. The first-order valence-corrected chi connectivity index (χ1v) is 5.08. The lowest BCUT2D eigenvalue weighted by molar-refractivity contribution is -0.164. The minimum atomic E-state index is -0.973. The third-order valence-electron chi connectivity index (χ3n) is 1.91. The van der Waals surface area contributed by atoms with E-state index in [1.165, 1.54) is 0 Å². The number of ether oxygens (including phenoxy) is 1. The highest BCUT2D eigenvalue weighted by Crippen LogP contribution is 2.20. The molecule has 0 spiro atoms. The average Bonchev–Trinajstić information content (AvgIpc) is 1.95. The summed E-state index contributed by atoms with van der Waals surface area (Å²) in [6.07, 6.45) is -0.174. The Labute approximate surface area is 90.6 Å². The second-order valence-corrected chi connectivity index (χ2v) is 4.98. The highest BCUT2D eigenvalue weighted by molar-refractivity contribution is 5.79. The molecule has 0 heterocycles. The van der Waals surface area contributed by atoms with Crippen LogP contribution in [0.1, 0.15) is 41.0 Å². The second kappa shape index (κ2) is 5.14. The van der Waals surface area contributed by atoms with E-state index in [4.69, 9.17) is 9.84 Å². The van der Waals surface area contributed by atoms with Gasteiger partial charge in [0.1, 0.15) is 5.60 Å². The number of carbonyl (C=O) groups is 2. The van der Waals surface area contributed by atoms with Gasteiger partial charge in [0.25, 0.3) is 0 Å². The van der Waals surface area contributed by atoms with Crippen LogP contribution in [-0.2, 0) is 14.3 Å². The van der Waals surface area contributed by atoms with Gasteiger partial charge in [0.15, 0.2) is 0 Å². The van der Waals surface area contributed by atoms with E-state index in [1.807, 2.05) is 13.8 Å². The molecule has 15 heavy (non-hydrogen) atoms. The fourth-order valence-electron chi connectivity index (χ4n) is 1.16. The summed E-state index contributed by atoms with van der Waals surface area (Å²) in [7, 11) is 0. The maximum Gasteiger partial charge on any atom is 0.310 e. The van der Waals surface area contributed by atoms with Crippen molar-refractivity contribution in [3.63, 3.8) is 0 Å². The lowest BCUT2D eigenvalue weighted by atomic mass is 9.92. The molecule has 0 aromatic heterocycles. The normalized spacial score (nSPS) is 13.7. The SMILES string of the molecule is CC(C)C(CC(=O)O)C(=O)OC(C)(C)C. The molecule has 0 amide bonds. The van der Waals surface area contributed by atoms with Gasteiger partial charge >= 0.3 is 11.9 Å². The van der Waals surface area contributed by atoms with Crippen molar-refractivity contribution < 1.29 is 19.4 Å². The van der Waals surface area contributed by atoms with Crippen molar-refractivity contribution in [2.24, 2.45) is 11.8 Å². The fourth-order valence-corrected chi connectivity index (χ4v) is 1.16. The number of carboxylic acids is 1. The molecular formula is C11H20O4. The van der Waals surface area contributed by atoms with Crippen molar-refractivity contribution in [1.82, 2.24) is 0 Å². The van der Waals surface area contributed by atoms with Crippen LogP contribution in [0.2, 0.25) is 0 Å². The zero-order valence-corrected chi connectivity index (χ0v) is 10.0. The van der Waals surface area contributed by atoms with E-state index in [-0.39, 0.29) is 12.3 Å². The zero-order chi connectivity index (χ0) is 12.2. The van der Waals surface area contributed by atoms with Crippen molar-refractivity contribution in [1.29, 1.82) is 0 Å². The molecular weight excluding hydrogens is 196 g/mol. The Morgan fingerprint density at radius 3 is 2.00 bits per heavy atom. The predicted octanol–water partition coefficient (Wildman–Crippen LogP) is 2.07. The van der Waals surface area contributed by atoms with Gasteiger partial charge < -0.3 is 9.84 Å². The van der Waals surface area contributed by atoms with Crippen LogP contribution in [0.3, 0.4) is 0 Å². The van der Waals surface area contributed by atoms with Crippen molar-refractivity contribution in [2.45, 2.75) is 46.6 Å². The molecule has 0 rings (SSSR count). The Kier molecular flexibility index (Phi) is 4.78. The summed E-state index contributed by atoms with van der Waals surface area (Å²) in [5.41, 5.74) is -0.567. The first kappa shape index (κ1) is 13.9. The summed E-state index contributed by atoms with van der Waals surface area (Å²) in [5, 5.41) is 8.67. The van der Waals surface area contributed by atoms with Crippen LogP contribution in [-0.4, -0.2) is 22.6 Å². The monoisotopic (exact) mass is 216 g/mol. The summed E-state index contributed by atoms with van der Waals surface area (Å²) in [6, 6.07) is 0. The van der Waals surface area contributed by atoms with Crippen LogP contribution in [0.25, 0.3) is 0 Å². The molecule has 1 atom stereocenters. The topological polar surface area (TPSA) is 63.6 Å². The van der Waals surface area contributed by atoms with Crippen molar-refractivity contribution >= 4 is 11.9 Å². The summed E-state index contributed by atoms with van der Waals surface area (Å²) in [4.78, 5) is 22.2. The Balaban J connectivity index is 4.50. The number of carboxylic acid groups (broad SMARTS) is 1. The molecule has 0 aliphatic carbocycles. The van der Waals surface area contributed by atoms with E-state index in [9.17, 15) is 9.59 Å². The predicted molar refractivity (Wildman–Crippen MR) is 56.4 cm³/mol. The molecule has 0 saturated heterocycles. The minimum absolute atomic E-state index is 0.0315. The second-order valence-electron chi connectivity index (χ2n) is 4.98. The number of aliphatic carboxylic acids is 1. The Hall–Kier alpha value is -1.06. The van der Waals surface area contributed by atoms with Crippen LogP contribution in [0.5, 0.6) is 0 Å². The van der Waals surface area contributed by atoms with Crippen LogP contribution in [0.4, 0.5) is 0 Å². The van der Waals surface area contributed by atoms with E-state index in [0.717, 1.165) is 0 Å². The third kappa shape index (κ3) is 6.10. The Morgan fingerprint density at radius 1 is 1.27 bits per heavy atom. The first-order valence-electron chi connectivity index (χ1n) is 5.08. The van der Waals surface area contributed by atoms with Crippen molar-refractivity contribution in [3.05, 3.63) is 0 Å². The van der Waals surface area contributed by atoms with Gasteiger partial charge in [-0.3, -0.25) is 9.59 Å². The zero-order valence-electron chi connectivity index (χ0n) is 10.0. The molecule has 0 radical (unpaired) electrons. The highest BCUT2D eigenvalue weighted by atomic mass is 16.6. The summed E-state index contributed by atoms with van der Waals surface area (Å²) in [6.45, 7) is 8.93. The number of esters is 1. The lowest BCUT2D eigenvalue weighted by Gasteiger charge is -2.24. The number of hydrogen-bond acceptors (Lipinski definition) is 3. The van der Waals surface area contributed by atoms with Gasteiger partial charge in [-0.1, -0.05) is 13.8 Å². The molecule has 4 heteroatoms. The van der Waals surface area contributed by atoms with Gasteiger partial charge in [-0.15, -0.1) is 0 Å². The quantitative estimate of drug-likeness (QED) is 0.731. The van der Waals surface area contributed by atoms with E-state index in [1.54, 1.807) is 20.8 Å². The lowest BCUT2D eigenvalue weighted by Crippen LogP contribution is -2.32. The van der Waals surface area contributed by atoms with Gasteiger partial charge in [-0.25, -0.2) is 0 Å². The Bertz CT molecular complexity index is 237. The van der Waals surface area contributed by atoms with Crippen LogP contribution >= 0.6 is 0 Å². The molecule has 0 aliphatic heterocycles. The minimum Gasteiger partial charge on any atom is -0.481 e. The van der Waals surface area contributed by atoms with Crippen LogP contribution in [0.15, 0.2) is 0 Å². The molecule has 1 N–H and O–H groups in total. The van der Waals surface area contributed by atoms with E-state index in [0.29, 0.717) is 0 Å². The largest absolute Gasteiger partial charge is 0.481 e. The van der Waals surface area contributed by atoms with Crippen molar-refractivity contribution in [3.8, 4) is 0 Å². The third-order valence-corrected chi connectivity index (χ3v) is 1.91. The van der Waals surface area contributed by atoms with E-state index >= 15 is 0 Å². The van der Waals surface area contributed by atoms with Crippen LogP contribution in [0, 0.1) is 11.8 Å². The average molecular weight is 216 g/mol. The first-order chi connectivity index (χ1) is 6.63. The molecule has 4 nitrogen and oxygen atoms in total. The van der Waals surface area contributed by atoms with Gasteiger partial charge in [0.2, 0.25) is 0 Å². The summed E-state index contributed by atoms with van der Waals surface area (Å²) in [5.74, 6) is -2.00. The highest BCUT2D eigenvalue weighted by Gasteiger charge is 2.29. The molecule has 0 saturated carbocycles. The maximum atomic E-state index is 11.7. The standard InChI is InChI=1S/C11H20O4/c1-7(2)8(6-9(12)13)10(14)15-11(3,4)5/h7-8H,6H2,1-5H3,(H,12,13). The maximum absolute atomic E-state index is 11.7. The van der Waals surface area contributed by atoms with E-state index in [2.05, 4.69) is 0 Å². The molecule has 0 fully saturated rings.